The van der Waals surface area contributed by atoms with Crippen molar-refractivity contribution in [1.29, 1.82) is 0 Å². The van der Waals surface area contributed by atoms with Gasteiger partial charge >= 0.3 is 0 Å². The van der Waals surface area contributed by atoms with Gasteiger partial charge in [-0.25, -0.2) is 0 Å². The van der Waals surface area contributed by atoms with E-state index in [-0.39, 0.29) is 0 Å². The van der Waals surface area contributed by atoms with Crippen molar-refractivity contribution in [3.05, 3.63) is 328 Å². The van der Waals surface area contributed by atoms with Crippen LogP contribution in [0.25, 0.3) is 91.8 Å². The number of nitrogens with zero attached hydrogens (tertiary/aromatic N) is 4. The minimum Gasteiger partial charge on any atom is -0.310 e. The number of fused-ring (bicyclic) bond motifs is 12. The number of rotatable bonds is 13. The van der Waals surface area contributed by atoms with Gasteiger partial charge in [0.05, 0.1) is 0 Å². The van der Waals surface area contributed by atoms with Gasteiger partial charge in [0.15, 0.2) is 0 Å². The Bertz CT molecular complexity index is 5800. The van der Waals surface area contributed by atoms with Crippen LogP contribution in [-0.4, -0.2) is 0 Å². The Morgan fingerprint density at radius 3 is 0.804 bits per heavy atom. The molecule has 0 saturated heterocycles. The molecule has 0 bridgehead atoms. The van der Waals surface area contributed by atoms with Crippen molar-refractivity contribution in [3.8, 4) is 11.1 Å². The van der Waals surface area contributed by atoms with Gasteiger partial charge in [-0.1, -0.05) is 133 Å². The topological polar surface area (TPSA) is 13.0 Å². The average Bonchev–Trinajstić information content (AvgIpc) is 1.62. The molecule has 0 aliphatic heterocycles. The van der Waals surface area contributed by atoms with Crippen molar-refractivity contribution < 1.29 is 0 Å². The van der Waals surface area contributed by atoms with Crippen LogP contribution in [0.5, 0.6) is 0 Å². The molecule has 0 N–H and O–H groups in total. The number of thiophene rings is 4. The first-order valence-corrected chi connectivity index (χ1v) is 34.2. The molecule has 0 atom stereocenters. The highest BCUT2D eigenvalue weighted by Crippen LogP contribution is 2.48. The smallest absolute Gasteiger partial charge is 0.0482 e. The van der Waals surface area contributed by atoms with E-state index in [1.54, 1.807) is 0 Å². The van der Waals surface area contributed by atoms with Crippen LogP contribution in [0.3, 0.4) is 0 Å². The molecule has 0 fully saturated rings. The fraction of sp³-hybridized carbons (Fsp3) is 0. The van der Waals surface area contributed by atoms with Crippen LogP contribution in [0, 0.1) is 0 Å². The molecule has 92 heavy (non-hydrogen) atoms. The van der Waals surface area contributed by atoms with E-state index in [9.17, 15) is 0 Å². The lowest BCUT2D eigenvalue weighted by Crippen LogP contribution is -2.13. The third-order valence-corrected chi connectivity index (χ3v) is 22.4. The van der Waals surface area contributed by atoms with E-state index >= 15 is 0 Å². The molecule has 18 aromatic rings. The molecule has 18 rings (SSSR count). The van der Waals surface area contributed by atoms with Crippen LogP contribution in [0.2, 0.25) is 0 Å². The predicted molar refractivity (Wildman–Crippen MR) is 402 cm³/mol. The lowest BCUT2D eigenvalue weighted by Gasteiger charge is -2.29. The quantitative estimate of drug-likeness (QED) is 0.114. The highest BCUT2D eigenvalue weighted by atomic mass is 32.1. The van der Waals surface area contributed by atoms with Gasteiger partial charge in [0.1, 0.15) is 0 Å². The Balaban J connectivity index is 0.681. The largest absolute Gasteiger partial charge is 0.310 e. The Hall–Kier alpha value is -10.8. The van der Waals surface area contributed by atoms with E-state index in [4.69, 9.17) is 0 Å². The Morgan fingerprint density at radius 2 is 0.391 bits per heavy atom. The van der Waals surface area contributed by atoms with E-state index < -0.39 is 0 Å². The maximum Gasteiger partial charge on any atom is 0.0482 e. The normalized spacial score (nSPS) is 11.7. The molecule has 0 saturated carbocycles. The lowest BCUT2D eigenvalue weighted by atomic mass is 10.0. The van der Waals surface area contributed by atoms with Gasteiger partial charge in [-0.05, 0) is 205 Å². The van der Waals surface area contributed by atoms with Crippen LogP contribution in [0.1, 0.15) is 0 Å². The summed E-state index contributed by atoms with van der Waals surface area (Å²) in [6, 6.07) is 120. The van der Waals surface area contributed by atoms with Gasteiger partial charge in [0.25, 0.3) is 0 Å². The number of hydrogen-bond donors (Lipinski definition) is 0. The van der Waals surface area contributed by atoms with E-state index in [0.717, 1.165) is 68.2 Å². The fourth-order valence-corrected chi connectivity index (χ4v) is 17.9. The summed E-state index contributed by atoms with van der Waals surface area (Å²) in [5.41, 5.74) is 15.6. The molecule has 4 nitrogen and oxygen atoms in total. The molecule has 0 amide bonds. The minimum absolute atomic E-state index is 1.07. The highest BCUT2D eigenvalue weighted by molar-refractivity contribution is 7.27. The summed E-state index contributed by atoms with van der Waals surface area (Å²) >= 11 is 7.43. The fourth-order valence-electron chi connectivity index (χ4n) is 13.5. The molecule has 4 heterocycles. The summed E-state index contributed by atoms with van der Waals surface area (Å²) in [6.07, 6.45) is 0. The highest BCUT2D eigenvalue weighted by Gasteiger charge is 2.22. The maximum atomic E-state index is 2.41. The standard InChI is InChI=1S/C84H54N4S4/c1-5-18-57(19-6-1)85(65-38-44-80-73(51-65)69-28-13-15-30-77(69)89-80)61-34-36-62(37-35-61)86(58-20-7-2-8-21-58)66-39-46-82-75(52-66)71-42-32-56(49-84(71)92-82)55-33-43-79-72(48-55)76-54-68(41-47-83(76)91-79)88(60-24-11-4-12-25-60)64-27-17-26-63(50-64)87(59-22-9-3-10-23-59)67-40-45-81-74(53-67)70-29-14-16-31-78(70)90-81/h1-54H. The first kappa shape index (κ1) is 54.1. The Labute approximate surface area is 548 Å². The van der Waals surface area contributed by atoms with Gasteiger partial charge in [0, 0.05) is 149 Å². The average molecular weight is 1250 g/mol. The first-order chi connectivity index (χ1) is 45.6. The van der Waals surface area contributed by atoms with E-state index in [0.29, 0.717) is 0 Å². The summed E-state index contributed by atoms with van der Waals surface area (Å²) in [7, 11) is 0. The number of hydrogen-bond acceptors (Lipinski definition) is 8. The van der Waals surface area contributed by atoms with Crippen molar-refractivity contribution >= 4 is 194 Å². The Kier molecular flexibility index (Phi) is 13.3. The second-order valence-electron chi connectivity index (χ2n) is 23.3. The van der Waals surface area contributed by atoms with Crippen molar-refractivity contribution in [2.75, 3.05) is 19.6 Å². The van der Waals surface area contributed by atoms with Crippen LogP contribution in [0.15, 0.2) is 328 Å². The second kappa shape index (κ2) is 22.6. The molecule has 0 aliphatic rings. The predicted octanol–water partition coefficient (Wildman–Crippen LogP) is 26.7. The van der Waals surface area contributed by atoms with Crippen molar-refractivity contribution in [3.63, 3.8) is 0 Å². The third kappa shape index (κ3) is 9.54. The molecule has 14 aromatic carbocycles. The zero-order valence-electron chi connectivity index (χ0n) is 49.6. The summed E-state index contributed by atoms with van der Waals surface area (Å²) in [5, 5.41) is 10.1. The van der Waals surface area contributed by atoms with E-state index in [2.05, 4.69) is 347 Å². The molecule has 0 radical (unpaired) electrons. The number of anilines is 12. The Morgan fingerprint density at radius 1 is 0.141 bits per heavy atom. The van der Waals surface area contributed by atoms with Crippen molar-refractivity contribution in [1.82, 2.24) is 0 Å². The maximum absolute atomic E-state index is 2.41. The van der Waals surface area contributed by atoms with Gasteiger partial charge in [-0.3, -0.25) is 0 Å². The third-order valence-electron chi connectivity index (χ3n) is 17.8. The zero-order valence-corrected chi connectivity index (χ0v) is 52.9. The van der Waals surface area contributed by atoms with Gasteiger partial charge in [-0.15, -0.1) is 45.3 Å². The molecular formula is C84H54N4S4. The molecule has 4 aromatic heterocycles. The minimum atomic E-state index is 1.07. The van der Waals surface area contributed by atoms with Crippen LogP contribution in [-0.2, 0) is 0 Å². The van der Waals surface area contributed by atoms with Gasteiger partial charge in [0.2, 0.25) is 0 Å². The molecular weight excluding hydrogens is 1190 g/mol. The summed E-state index contributed by atoms with van der Waals surface area (Å²) in [6.45, 7) is 0. The monoisotopic (exact) mass is 1250 g/mol. The molecule has 0 spiro atoms. The van der Waals surface area contributed by atoms with Crippen molar-refractivity contribution in [2.45, 2.75) is 0 Å². The lowest BCUT2D eigenvalue weighted by molar-refractivity contribution is 1.25. The van der Waals surface area contributed by atoms with Gasteiger partial charge < -0.3 is 19.6 Å². The van der Waals surface area contributed by atoms with Crippen LogP contribution in [0.4, 0.5) is 68.2 Å². The van der Waals surface area contributed by atoms with Crippen LogP contribution >= 0.6 is 45.3 Å². The number of para-hydroxylation sites is 4. The van der Waals surface area contributed by atoms with E-state index in [1.165, 1.54) is 91.8 Å². The van der Waals surface area contributed by atoms with Gasteiger partial charge in [-0.2, -0.15) is 0 Å². The molecule has 8 heteroatoms. The van der Waals surface area contributed by atoms with Crippen molar-refractivity contribution in [2.24, 2.45) is 0 Å². The van der Waals surface area contributed by atoms with E-state index in [1.807, 2.05) is 45.3 Å². The molecule has 0 unspecified atom stereocenters. The molecule has 434 valence electrons. The zero-order chi connectivity index (χ0) is 60.6. The summed E-state index contributed by atoms with van der Waals surface area (Å²) < 4.78 is 10.3. The summed E-state index contributed by atoms with van der Waals surface area (Å²) in [4.78, 5) is 9.54. The van der Waals surface area contributed by atoms with Crippen LogP contribution < -0.4 is 19.6 Å². The number of benzene rings is 14. The first-order valence-electron chi connectivity index (χ1n) is 30.9. The molecule has 0 aliphatic carbocycles. The second-order valence-corrected chi connectivity index (χ2v) is 27.6. The SMILES string of the molecule is c1ccc(N(c2ccc(N(c3ccccc3)c3ccc4sc5cc(-c6ccc7sc8ccc(N(c9ccccc9)c9cccc(N(c%10ccccc%10)c%10ccc%11sc%12ccccc%12c%11c%10)c9)cc8c7c6)ccc5c4c3)cc2)c2ccc3sc4ccccc4c3c2)cc1. The summed E-state index contributed by atoms with van der Waals surface area (Å²) in [5.74, 6) is 0.